The number of carbonyl (C=O) groups excluding carboxylic acids is 1. The number of rotatable bonds is 3. The number of carbonyl (C=O) groups is 1. The lowest BCUT2D eigenvalue weighted by molar-refractivity contribution is -0.275. The van der Waals surface area contributed by atoms with Crippen molar-refractivity contribution in [3.05, 3.63) is 81.3 Å². The van der Waals surface area contributed by atoms with E-state index in [4.69, 9.17) is 28.0 Å². The third-order valence-corrected chi connectivity index (χ3v) is 5.35. The third kappa shape index (κ3) is 3.26. The van der Waals surface area contributed by atoms with E-state index >= 15 is 0 Å². The Hall–Kier alpha value is -2.57. The molecule has 0 aliphatic carbocycles. The first-order chi connectivity index (χ1) is 13.7. The van der Waals surface area contributed by atoms with Gasteiger partial charge in [0.05, 0.1) is 5.71 Å². The summed E-state index contributed by atoms with van der Waals surface area (Å²) >= 11 is 11.9. The Morgan fingerprint density at radius 1 is 1.00 bits per heavy atom. The Labute approximate surface area is 173 Å². The fraction of sp³-hybridized carbons (Fsp3) is 0.143. The number of nitrogens with zero attached hydrogens (tertiary/aromatic N) is 1. The van der Waals surface area contributed by atoms with E-state index in [1.54, 1.807) is 36.4 Å². The second-order valence-electron chi connectivity index (χ2n) is 6.65. The van der Waals surface area contributed by atoms with Gasteiger partial charge in [-0.15, -0.1) is 0 Å². The van der Waals surface area contributed by atoms with Crippen molar-refractivity contribution >= 4 is 46.0 Å². The van der Waals surface area contributed by atoms with Crippen molar-refractivity contribution in [2.24, 2.45) is 5.16 Å². The van der Waals surface area contributed by atoms with E-state index < -0.39 is 18.2 Å². The minimum atomic E-state index is -4.77. The Morgan fingerprint density at radius 2 is 1.66 bits per heavy atom. The van der Waals surface area contributed by atoms with Gasteiger partial charge in [-0.2, -0.15) is 13.2 Å². The maximum absolute atomic E-state index is 14.2. The second kappa shape index (κ2) is 7.04. The minimum absolute atomic E-state index is 0.0639. The molecule has 0 aromatic heterocycles. The molecule has 0 saturated carbocycles. The van der Waals surface area contributed by atoms with E-state index in [-0.39, 0.29) is 21.3 Å². The molecular weight excluding hydrogens is 426 g/mol. The zero-order valence-corrected chi connectivity index (χ0v) is 16.1. The van der Waals surface area contributed by atoms with Gasteiger partial charge in [-0.05, 0) is 29.0 Å². The number of hydrogen-bond donors (Lipinski definition) is 0. The maximum atomic E-state index is 14.2. The molecule has 0 fully saturated rings. The summed E-state index contributed by atoms with van der Waals surface area (Å²) in [6, 6.07) is 13.8. The lowest BCUT2D eigenvalue weighted by Crippen LogP contribution is -2.42. The van der Waals surface area contributed by atoms with Gasteiger partial charge in [0.2, 0.25) is 0 Å². The van der Waals surface area contributed by atoms with Crippen LogP contribution in [0.25, 0.3) is 10.8 Å². The van der Waals surface area contributed by atoms with Crippen LogP contribution in [0.5, 0.6) is 0 Å². The summed E-state index contributed by atoms with van der Waals surface area (Å²) in [6.45, 7) is 0. The van der Waals surface area contributed by atoms with Gasteiger partial charge >= 0.3 is 6.18 Å². The molecule has 0 amide bonds. The summed E-state index contributed by atoms with van der Waals surface area (Å²) in [5, 5.41) is 5.15. The van der Waals surface area contributed by atoms with E-state index in [2.05, 4.69) is 5.16 Å². The van der Waals surface area contributed by atoms with Crippen LogP contribution in [0, 0.1) is 0 Å². The van der Waals surface area contributed by atoms with E-state index in [1.165, 1.54) is 18.2 Å². The molecule has 0 N–H and O–H groups in total. The number of halogens is 5. The van der Waals surface area contributed by atoms with E-state index in [0.29, 0.717) is 28.2 Å². The normalized spacial score (nSPS) is 19.1. The van der Waals surface area contributed by atoms with Gasteiger partial charge in [0, 0.05) is 33.2 Å². The smallest absolute Gasteiger partial charge is 0.374 e. The van der Waals surface area contributed by atoms with Crippen LogP contribution >= 0.6 is 23.2 Å². The Balaban J connectivity index is 1.84. The summed E-state index contributed by atoms with van der Waals surface area (Å²) < 4.78 is 42.5. The van der Waals surface area contributed by atoms with Gasteiger partial charge in [-0.3, -0.25) is 4.79 Å². The highest BCUT2D eigenvalue weighted by Gasteiger charge is 2.62. The van der Waals surface area contributed by atoms with Crippen LogP contribution in [0.1, 0.15) is 27.9 Å². The third-order valence-electron chi connectivity index (χ3n) is 4.91. The predicted octanol–water partition coefficient (Wildman–Crippen LogP) is 6.54. The molecular formula is C21H12Cl2F3NO2. The van der Waals surface area contributed by atoms with Crippen molar-refractivity contribution in [3.63, 3.8) is 0 Å². The van der Waals surface area contributed by atoms with Crippen molar-refractivity contribution in [3.8, 4) is 0 Å². The fourth-order valence-electron chi connectivity index (χ4n) is 3.51. The van der Waals surface area contributed by atoms with Gasteiger partial charge in [0.15, 0.2) is 6.29 Å². The molecule has 4 rings (SSSR count). The molecule has 3 aromatic carbocycles. The van der Waals surface area contributed by atoms with Crippen molar-refractivity contribution in [2.75, 3.05) is 0 Å². The molecule has 0 bridgehead atoms. The van der Waals surface area contributed by atoms with Crippen molar-refractivity contribution < 1.29 is 22.8 Å². The standard InChI is InChI=1S/C21H12Cl2F3NO2/c22-14-7-13(8-15(23)9-14)20(21(24,25)26)10-19(27-29-20)18-6-5-12(11-28)16-3-1-2-4-17(16)18/h1-9,11H,10H2. The molecule has 8 heteroatoms. The number of fused-ring (bicyclic) bond motifs is 1. The van der Waals surface area contributed by atoms with Crippen LogP contribution < -0.4 is 0 Å². The SMILES string of the molecule is O=Cc1ccc(C2=NOC(c3cc(Cl)cc(Cl)c3)(C(F)(F)F)C2)c2ccccc12. The Kier molecular flexibility index (Phi) is 4.79. The Morgan fingerprint density at radius 3 is 2.28 bits per heavy atom. The molecule has 1 unspecified atom stereocenters. The monoisotopic (exact) mass is 437 g/mol. The summed E-state index contributed by atoms with van der Waals surface area (Å²) in [5.41, 5.74) is -1.92. The lowest BCUT2D eigenvalue weighted by atomic mass is 9.85. The molecule has 1 aliphatic heterocycles. The highest BCUT2D eigenvalue weighted by atomic mass is 35.5. The molecule has 1 heterocycles. The molecule has 148 valence electrons. The topological polar surface area (TPSA) is 38.7 Å². The number of alkyl halides is 3. The first-order valence-electron chi connectivity index (χ1n) is 8.51. The zero-order valence-electron chi connectivity index (χ0n) is 14.6. The van der Waals surface area contributed by atoms with Crippen LogP contribution in [-0.2, 0) is 10.4 Å². The molecule has 0 saturated heterocycles. The van der Waals surface area contributed by atoms with Crippen LogP contribution in [0.4, 0.5) is 13.2 Å². The molecule has 3 nitrogen and oxygen atoms in total. The van der Waals surface area contributed by atoms with E-state index in [0.717, 1.165) is 0 Å². The number of benzene rings is 3. The molecule has 0 radical (unpaired) electrons. The predicted molar refractivity (Wildman–Crippen MR) is 106 cm³/mol. The van der Waals surface area contributed by atoms with Gasteiger partial charge in [-0.1, -0.05) is 64.8 Å². The van der Waals surface area contributed by atoms with Crippen LogP contribution in [-0.4, -0.2) is 18.2 Å². The largest absolute Gasteiger partial charge is 0.435 e. The molecule has 1 atom stereocenters. The zero-order chi connectivity index (χ0) is 20.8. The molecule has 1 aliphatic rings. The van der Waals surface area contributed by atoms with Gasteiger partial charge in [0.1, 0.15) is 0 Å². The van der Waals surface area contributed by atoms with Crippen molar-refractivity contribution in [1.29, 1.82) is 0 Å². The highest BCUT2D eigenvalue weighted by Crippen LogP contribution is 2.50. The Bertz CT molecular complexity index is 1140. The van der Waals surface area contributed by atoms with Gasteiger partial charge in [0.25, 0.3) is 5.60 Å². The quantitative estimate of drug-likeness (QED) is 0.436. The first kappa shape index (κ1) is 19.7. The van der Waals surface area contributed by atoms with Crippen LogP contribution in [0.2, 0.25) is 10.0 Å². The molecule has 29 heavy (non-hydrogen) atoms. The average Bonchev–Trinajstić information content (AvgIpc) is 3.13. The molecule has 0 spiro atoms. The summed E-state index contributed by atoms with van der Waals surface area (Å²) in [4.78, 5) is 16.4. The summed E-state index contributed by atoms with van der Waals surface area (Å²) in [5.74, 6) is 0. The van der Waals surface area contributed by atoms with Crippen molar-refractivity contribution in [1.82, 2.24) is 0 Å². The maximum Gasteiger partial charge on any atom is 0.435 e. The second-order valence-corrected chi connectivity index (χ2v) is 7.53. The summed E-state index contributed by atoms with van der Waals surface area (Å²) in [6.07, 6.45) is -4.63. The first-order valence-corrected chi connectivity index (χ1v) is 9.26. The van der Waals surface area contributed by atoms with Crippen LogP contribution in [0.15, 0.2) is 59.8 Å². The fourth-order valence-corrected chi connectivity index (χ4v) is 4.04. The van der Waals surface area contributed by atoms with E-state index in [1.807, 2.05) is 0 Å². The van der Waals surface area contributed by atoms with E-state index in [9.17, 15) is 18.0 Å². The minimum Gasteiger partial charge on any atom is -0.374 e. The highest BCUT2D eigenvalue weighted by molar-refractivity contribution is 6.34. The van der Waals surface area contributed by atoms with Crippen LogP contribution in [0.3, 0.4) is 0 Å². The molecule has 3 aromatic rings. The van der Waals surface area contributed by atoms with Crippen molar-refractivity contribution in [2.45, 2.75) is 18.2 Å². The lowest BCUT2D eigenvalue weighted by Gasteiger charge is -2.29. The number of oxime groups is 1. The summed E-state index contributed by atoms with van der Waals surface area (Å²) in [7, 11) is 0. The number of aldehydes is 1. The average molecular weight is 438 g/mol. The van der Waals surface area contributed by atoms with Gasteiger partial charge < -0.3 is 4.84 Å². The number of hydrogen-bond acceptors (Lipinski definition) is 3. The van der Waals surface area contributed by atoms with Gasteiger partial charge in [-0.25, -0.2) is 0 Å².